The number of hydrogen-bond donors (Lipinski definition) is 4. The Bertz CT molecular complexity index is 1310. The first-order chi connectivity index (χ1) is 18.6. The number of likely N-dealkylation sites (tertiary alicyclic amines) is 1. The highest BCUT2D eigenvalue weighted by Gasteiger charge is 2.64. The summed E-state index contributed by atoms with van der Waals surface area (Å²) in [5.41, 5.74) is -0.787. The van der Waals surface area contributed by atoms with Gasteiger partial charge in [0.05, 0.1) is 18.0 Å². The molecule has 1 aliphatic rings. The minimum absolute atomic E-state index is 0.0253. The van der Waals surface area contributed by atoms with Gasteiger partial charge in [0.2, 0.25) is 5.91 Å². The molecule has 1 heterocycles. The molecule has 0 aromatic heterocycles. The first-order valence-electron chi connectivity index (χ1n) is 12.7. The van der Waals surface area contributed by atoms with Crippen LogP contribution in [0.15, 0.2) is 49.1 Å². The molecule has 3 amide bonds. The lowest BCUT2D eigenvalue weighted by molar-refractivity contribution is -0.148. The van der Waals surface area contributed by atoms with Crippen LogP contribution >= 0.6 is 0 Å². The maximum Gasteiger partial charge on any atom is 0.272 e. The number of aryl methyl sites for hydroxylation is 1. The van der Waals surface area contributed by atoms with Crippen molar-refractivity contribution in [2.45, 2.75) is 58.2 Å². The van der Waals surface area contributed by atoms with Gasteiger partial charge in [0.15, 0.2) is 6.10 Å². The lowest BCUT2D eigenvalue weighted by Gasteiger charge is -2.34. The smallest absolute Gasteiger partial charge is 0.272 e. The average Bonchev–Trinajstić information content (AvgIpc) is 3.06. The van der Waals surface area contributed by atoms with Gasteiger partial charge in [-0.2, -0.15) is 0 Å². The van der Waals surface area contributed by atoms with E-state index in [0.717, 1.165) is 19.9 Å². The molecule has 8 nitrogen and oxygen atoms in total. The number of nitrogens with zero attached hydrogens (tertiary/aromatic N) is 1. The van der Waals surface area contributed by atoms with E-state index >= 15 is 8.78 Å². The number of benzene rings is 2. The Kier molecular flexibility index (Phi) is 8.98. The second-order valence-corrected chi connectivity index (χ2v) is 10.6. The summed E-state index contributed by atoms with van der Waals surface area (Å²) in [5.74, 6) is -7.01. The van der Waals surface area contributed by atoms with Gasteiger partial charge in [0.25, 0.3) is 17.7 Å². The third-order valence-corrected chi connectivity index (χ3v) is 7.32. The van der Waals surface area contributed by atoms with Gasteiger partial charge in [-0.15, -0.1) is 6.58 Å². The van der Waals surface area contributed by atoms with Crippen LogP contribution in [0.1, 0.15) is 40.9 Å². The lowest BCUT2D eigenvalue weighted by Crippen LogP contribution is -2.57. The third kappa shape index (κ3) is 6.14. The first-order valence-corrected chi connectivity index (χ1v) is 12.7. The van der Waals surface area contributed by atoms with Gasteiger partial charge in [0.1, 0.15) is 17.6 Å². The van der Waals surface area contributed by atoms with Crippen LogP contribution in [-0.4, -0.2) is 70.0 Å². The molecule has 1 aliphatic heterocycles. The number of carbonyl (C=O) groups excluding carboxylic acids is 3. The summed E-state index contributed by atoms with van der Waals surface area (Å²) in [6, 6.07) is 5.19. The van der Waals surface area contributed by atoms with Crippen molar-refractivity contribution in [2.24, 2.45) is 5.41 Å². The van der Waals surface area contributed by atoms with E-state index < -0.39 is 59.6 Å². The number of halogens is 3. The van der Waals surface area contributed by atoms with Gasteiger partial charge in [-0.1, -0.05) is 32.1 Å². The van der Waals surface area contributed by atoms with Crippen molar-refractivity contribution in [3.05, 3.63) is 77.1 Å². The zero-order valence-corrected chi connectivity index (χ0v) is 22.8. The minimum Gasteiger partial charge on any atom is -0.508 e. The molecule has 0 spiro atoms. The van der Waals surface area contributed by atoms with E-state index in [1.807, 2.05) is 0 Å². The zero-order valence-electron chi connectivity index (χ0n) is 22.8. The summed E-state index contributed by atoms with van der Waals surface area (Å²) in [6.07, 6.45) is -0.964. The Hall–Kier alpha value is -3.86. The number of nitrogens with one attached hydrogen (secondary N) is 2. The fourth-order valence-electron chi connectivity index (χ4n) is 4.87. The molecule has 2 aromatic rings. The molecule has 40 heavy (non-hydrogen) atoms. The molecule has 1 saturated heterocycles. The molecule has 216 valence electrons. The Morgan fingerprint density at radius 1 is 1.20 bits per heavy atom. The standard InChI is InChI=1S/C29H34F3N3O5/c1-6-10-33-26(39)24-28(4,5)29(31,32)15-35(24)27(40)23(37)21(14-18-8-7-9-19(30)13-18)34-25(38)20-11-16(2)12-22(36)17(20)3/h6-9,11-13,21,23-24,36-37H,1,10,14-15H2,2-5H3,(H,33,39)(H,34,38)/t21-,23-,24-/m0/s1. The second kappa shape index (κ2) is 11.7. The van der Waals surface area contributed by atoms with Crippen molar-refractivity contribution in [3.8, 4) is 5.75 Å². The van der Waals surface area contributed by atoms with Crippen molar-refractivity contribution < 1.29 is 37.8 Å². The van der Waals surface area contributed by atoms with Crippen LogP contribution in [0.5, 0.6) is 5.75 Å². The number of alkyl halides is 2. The SMILES string of the molecule is C=CCNC(=O)[C@@H]1N(C(=O)[C@@H](O)[C@H](Cc2cccc(F)c2)NC(=O)c2cc(C)cc(O)c2C)CC(F)(F)C1(C)C. The molecule has 3 rings (SSSR count). The highest BCUT2D eigenvalue weighted by Crippen LogP contribution is 2.48. The van der Waals surface area contributed by atoms with Crippen LogP contribution < -0.4 is 10.6 Å². The van der Waals surface area contributed by atoms with E-state index in [1.165, 1.54) is 43.3 Å². The first kappa shape index (κ1) is 30.7. The van der Waals surface area contributed by atoms with Gasteiger partial charge in [-0.05, 0) is 55.7 Å². The maximum absolute atomic E-state index is 15.1. The molecular formula is C29H34F3N3O5. The summed E-state index contributed by atoms with van der Waals surface area (Å²) in [4.78, 5) is 40.4. The van der Waals surface area contributed by atoms with Crippen molar-refractivity contribution in [1.29, 1.82) is 0 Å². The molecule has 4 N–H and O–H groups in total. The fourth-order valence-corrected chi connectivity index (χ4v) is 4.87. The number of amides is 3. The molecule has 0 unspecified atom stereocenters. The molecule has 0 radical (unpaired) electrons. The summed E-state index contributed by atoms with van der Waals surface area (Å²) in [5, 5.41) is 26.4. The van der Waals surface area contributed by atoms with Crippen molar-refractivity contribution >= 4 is 17.7 Å². The van der Waals surface area contributed by atoms with Gasteiger partial charge in [-0.25, -0.2) is 13.2 Å². The topological polar surface area (TPSA) is 119 Å². The second-order valence-electron chi connectivity index (χ2n) is 10.6. The zero-order chi connectivity index (χ0) is 30.0. The molecule has 0 aliphatic carbocycles. The van der Waals surface area contributed by atoms with Gasteiger partial charge in [-0.3, -0.25) is 14.4 Å². The molecule has 11 heteroatoms. The van der Waals surface area contributed by atoms with Crippen LogP contribution in [0.3, 0.4) is 0 Å². The maximum atomic E-state index is 15.1. The number of aliphatic hydroxyl groups is 1. The molecule has 0 bridgehead atoms. The number of aliphatic hydroxyl groups excluding tert-OH is 1. The molecular weight excluding hydrogens is 527 g/mol. The van der Waals surface area contributed by atoms with E-state index in [1.54, 1.807) is 6.92 Å². The number of phenolic OH excluding ortho intramolecular Hbond substituents is 1. The number of hydrogen-bond acceptors (Lipinski definition) is 5. The summed E-state index contributed by atoms with van der Waals surface area (Å²) >= 11 is 0. The molecule has 3 atom stereocenters. The minimum atomic E-state index is -3.48. The predicted octanol–water partition coefficient (Wildman–Crippen LogP) is 3.02. The Labute approximate surface area is 230 Å². The average molecular weight is 562 g/mol. The lowest BCUT2D eigenvalue weighted by atomic mass is 9.81. The van der Waals surface area contributed by atoms with E-state index in [9.17, 15) is 29.0 Å². The van der Waals surface area contributed by atoms with Crippen molar-refractivity contribution in [3.63, 3.8) is 0 Å². The van der Waals surface area contributed by atoms with Crippen molar-refractivity contribution in [2.75, 3.05) is 13.1 Å². The van der Waals surface area contributed by atoms with Crippen LogP contribution in [0.25, 0.3) is 0 Å². The van der Waals surface area contributed by atoms with Crippen LogP contribution in [0.4, 0.5) is 13.2 Å². The van der Waals surface area contributed by atoms with Crippen LogP contribution in [0, 0.1) is 25.1 Å². The summed E-state index contributed by atoms with van der Waals surface area (Å²) < 4.78 is 44.0. The van der Waals surface area contributed by atoms with Gasteiger partial charge >= 0.3 is 0 Å². The molecule has 1 fully saturated rings. The Morgan fingerprint density at radius 2 is 1.88 bits per heavy atom. The van der Waals surface area contributed by atoms with Crippen LogP contribution in [0.2, 0.25) is 0 Å². The fraction of sp³-hybridized carbons (Fsp3) is 0.414. The number of rotatable bonds is 9. The predicted molar refractivity (Wildman–Crippen MR) is 142 cm³/mol. The van der Waals surface area contributed by atoms with Crippen molar-refractivity contribution in [1.82, 2.24) is 15.5 Å². The summed E-state index contributed by atoms with van der Waals surface area (Å²) in [6.45, 7) is 7.80. The quantitative estimate of drug-likeness (QED) is 0.351. The van der Waals surface area contributed by atoms with E-state index in [4.69, 9.17) is 0 Å². The summed E-state index contributed by atoms with van der Waals surface area (Å²) in [7, 11) is 0. The Balaban J connectivity index is 1.99. The van der Waals surface area contributed by atoms with E-state index in [0.29, 0.717) is 16.0 Å². The van der Waals surface area contributed by atoms with E-state index in [-0.39, 0.29) is 29.8 Å². The number of aromatic hydroxyl groups is 1. The Morgan fingerprint density at radius 3 is 2.50 bits per heavy atom. The highest BCUT2D eigenvalue weighted by molar-refractivity contribution is 5.97. The van der Waals surface area contributed by atoms with Gasteiger partial charge in [0, 0.05) is 17.7 Å². The monoisotopic (exact) mass is 561 g/mol. The highest BCUT2D eigenvalue weighted by atomic mass is 19.3. The third-order valence-electron chi connectivity index (χ3n) is 7.32. The number of phenols is 1. The van der Waals surface area contributed by atoms with Crippen LogP contribution in [-0.2, 0) is 16.0 Å². The van der Waals surface area contributed by atoms with E-state index in [2.05, 4.69) is 17.2 Å². The largest absolute Gasteiger partial charge is 0.508 e. The molecule has 0 saturated carbocycles. The number of carbonyl (C=O) groups is 3. The van der Waals surface area contributed by atoms with Gasteiger partial charge < -0.3 is 25.7 Å². The molecule has 2 aromatic carbocycles. The normalized spacial score (nSPS) is 19.0.